The lowest BCUT2D eigenvalue weighted by atomic mass is 10.5. The highest BCUT2D eigenvalue weighted by molar-refractivity contribution is 5.94. The standard InChI is InChI=1S/C6H10N2O2/c1-5(9)8-4-3-7(2)6(8)10/h3-4H2,1-2H3. The summed E-state index contributed by atoms with van der Waals surface area (Å²) in [6.07, 6.45) is 0. The van der Waals surface area contributed by atoms with Gasteiger partial charge in [-0.3, -0.25) is 9.69 Å². The molecular formula is C6H10N2O2. The van der Waals surface area contributed by atoms with E-state index in [1.807, 2.05) is 0 Å². The lowest BCUT2D eigenvalue weighted by Crippen LogP contribution is -2.32. The number of carbonyl (C=O) groups is 2. The molecule has 4 nitrogen and oxygen atoms in total. The van der Waals surface area contributed by atoms with Gasteiger partial charge in [0.05, 0.1) is 0 Å². The number of likely N-dealkylation sites (N-methyl/N-ethyl adjacent to an activating group) is 1. The maximum absolute atomic E-state index is 11.0. The summed E-state index contributed by atoms with van der Waals surface area (Å²) in [5.41, 5.74) is 0. The third kappa shape index (κ3) is 0.964. The number of urea groups is 1. The van der Waals surface area contributed by atoms with E-state index in [-0.39, 0.29) is 11.9 Å². The van der Waals surface area contributed by atoms with E-state index in [0.29, 0.717) is 13.1 Å². The first kappa shape index (κ1) is 7.05. The van der Waals surface area contributed by atoms with E-state index in [2.05, 4.69) is 0 Å². The number of imide groups is 1. The van der Waals surface area contributed by atoms with Crippen LogP contribution in [0.2, 0.25) is 0 Å². The zero-order valence-electron chi connectivity index (χ0n) is 6.13. The Balaban J connectivity index is 2.66. The molecule has 0 aliphatic carbocycles. The van der Waals surface area contributed by atoms with E-state index in [0.717, 1.165) is 0 Å². The molecule has 0 saturated carbocycles. The minimum atomic E-state index is -0.187. The normalized spacial score (nSPS) is 18.4. The Morgan fingerprint density at radius 3 is 2.30 bits per heavy atom. The van der Waals surface area contributed by atoms with Gasteiger partial charge < -0.3 is 4.90 Å². The summed E-state index contributed by atoms with van der Waals surface area (Å²) >= 11 is 0. The monoisotopic (exact) mass is 142 g/mol. The minimum absolute atomic E-state index is 0.172. The topological polar surface area (TPSA) is 40.6 Å². The third-order valence-corrected chi connectivity index (χ3v) is 1.60. The molecular weight excluding hydrogens is 132 g/mol. The van der Waals surface area contributed by atoms with Crippen LogP contribution in [0.1, 0.15) is 6.92 Å². The van der Waals surface area contributed by atoms with E-state index in [9.17, 15) is 9.59 Å². The fraction of sp³-hybridized carbons (Fsp3) is 0.667. The Bertz CT molecular complexity index is 179. The van der Waals surface area contributed by atoms with Gasteiger partial charge in [-0.2, -0.15) is 0 Å². The first-order valence-corrected chi connectivity index (χ1v) is 3.16. The van der Waals surface area contributed by atoms with Crippen molar-refractivity contribution in [3.8, 4) is 0 Å². The van der Waals surface area contributed by atoms with Crippen LogP contribution in [-0.4, -0.2) is 41.9 Å². The van der Waals surface area contributed by atoms with E-state index in [1.165, 1.54) is 16.7 Å². The SMILES string of the molecule is CC(=O)N1CCN(C)C1=O. The summed E-state index contributed by atoms with van der Waals surface area (Å²) in [5.74, 6) is -0.172. The second-order valence-electron chi connectivity index (χ2n) is 2.37. The van der Waals surface area contributed by atoms with Crippen LogP contribution in [-0.2, 0) is 4.79 Å². The van der Waals surface area contributed by atoms with Crippen LogP contribution < -0.4 is 0 Å². The average molecular weight is 142 g/mol. The molecule has 1 heterocycles. The fourth-order valence-electron chi connectivity index (χ4n) is 0.939. The molecule has 0 bridgehead atoms. The van der Waals surface area contributed by atoms with E-state index in [4.69, 9.17) is 0 Å². The Kier molecular flexibility index (Phi) is 1.61. The highest BCUT2D eigenvalue weighted by Gasteiger charge is 2.27. The van der Waals surface area contributed by atoms with Crippen LogP contribution in [0.3, 0.4) is 0 Å². The van der Waals surface area contributed by atoms with Gasteiger partial charge in [-0.05, 0) is 0 Å². The van der Waals surface area contributed by atoms with Gasteiger partial charge in [0.1, 0.15) is 0 Å². The fourth-order valence-corrected chi connectivity index (χ4v) is 0.939. The molecule has 4 heteroatoms. The summed E-state index contributed by atoms with van der Waals surface area (Å²) in [5, 5.41) is 0. The molecule has 0 unspecified atom stereocenters. The van der Waals surface area contributed by atoms with Crippen LogP contribution in [0, 0.1) is 0 Å². The van der Waals surface area contributed by atoms with Crippen molar-refractivity contribution in [1.82, 2.24) is 9.80 Å². The molecule has 0 aromatic heterocycles. The van der Waals surface area contributed by atoms with E-state index < -0.39 is 0 Å². The minimum Gasteiger partial charge on any atom is -0.326 e. The van der Waals surface area contributed by atoms with Crippen molar-refractivity contribution >= 4 is 11.9 Å². The summed E-state index contributed by atoms with van der Waals surface area (Å²) in [4.78, 5) is 24.4. The van der Waals surface area contributed by atoms with Crippen LogP contribution in [0.15, 0.2) is 0 Å². The molecule has 1 fully saturated rings. The quantitative estimate of drug-likeness (QED) is 0.474. The van der Waals surface area contributed by atoms with Crippen LogP contribution in [0.4, 0.5) is 4.79 Å². The Labute approximate surface area is 59.4 Å². The predicted molar refractivity (Wildman–Crippen MR) is 35.4 cm³/mol. The molecule has 0 aromatic rings. The summed E-state index contributed by atoms with van der Waals surface area (Å²) < 4.78 is 0. The second-order valence-corrected chi connectivity index (χ2v) is 2.37. The van der Waals surface area contributed by atoms with Gasteiger partial charge in [-0.1, -0.05) is 0 Å². The smallest absolute Gasteiger partial charge is 0.326 e. The van der Waals surface area contributed by atoms with Crippen molar-refractivity contribution in [2.75, 3.05) is 20.1 Å². The van der Waals surface area contributed by atoms with Crippen molar-refractivity contribution in [2.24, 2.45) is 0 Å². The van der Waals surface area contributed by atoms with Crippen molar-refractivity contribution in [3.05, 3.63) is 0 Å². The highest BCUT2D eigenvalue weighted by Crippen LogP contribution is 2.04. The van der Waals surface area contributed by atoms with Gasteiger partial charge >= 0.3 is 6.03 Å². The Hall–Kier alpha value is -1.06. The van der Waals surface area contributed by atoms with Crippen LogP contribution in [0.25, 0.3) is 0 Å². The zero-order chi connectivity index (χ0) is 7.72. The molecule has 1 aliphatic heterocycles. The van der Waals surface area contributed by atoms with Gasteiger partial charge in [-0.15, -0.1) is 0 Å². The summed E-state index contributed by atoms with van der Waals surface area (Å²) in [6.45, 7) is 2.58. The third-order valence-electron chi connectivity index (χ3n) is 1.60. The molecule has 56 valence electrons. The van der Waals surface area contributed by atoms with Gasteiger partial charge in [0, 0.05) is 27.1 Å². The number of carbonyl (C=O) groups excluding carboxylic acids is 2. The van der Waals surface area contributed by atoms with Crippen molar-refractivity contribution < 1.29 is 9.59 Å². The molecule has 0 spiro atoms. The summed E-state index contributed by atoms with van der Waals surface area (Å²) in [7, 11) is 1.69. The van der Waals surface area contributed by atoms with Crippen molar-refractivity contribution in [3.63, 3.8) is 0 Å². The lowest BCUT2D eigenvalue weighted by molar-refractivity contribution is -0.125. The molecule has 0 radical (unpaired) electrons. The zero-order valence-corrected chi connectivity index (χ0v) is 6.13. The largest absolute Gasteiger partial charge is 0.326 e. The van der Waals surface area contributed by atoms with E-state index >= 15 is 0 Å². The maximum Gasteiger partial charge on any atom is 0.326 e. The molecule has 1 saturated heterocycles. The highest BCUT2D eigenvalue weighted by atomic mass is 16.2. The summed E-state index contributed by atoms with van der Waals surface area (Å²) in [6, 6.07) is -0.187. The molecule has 1 aliphatic rings. The average Bonchev–Trinajstić information content (AvgIpc) is 2.14. The maximum atomic E-state index is 11.0. The number of hydrogen-bond acceptors (Lipinski definition) is 2. The molecule has 3 amide bonds. The molecule has 0 atom stereocenters. The molecule has 10 heavy (non-hydrogen) atoms. The first-order chi connectivity index (χ1) is 4.63. The number of amides is 3. The number of hydrogen-bond donors (Lipinski definition) is 0. The molecule has 1 rings (SSSR count). The van der Waals surface area contributed by atoms with Gasteiger partial charge in [0.2, 0.25) is 5.91 Å². The molecule has 0 aromatic carbocycles. The van der Waals surface area contributed by atoms with Crippen LogP contribution in [0.5, 0.6) is 0 Å². The van der Waals surface area contributed by atoms with Crippen molar-refractivity contribution in [1.29, 1.82) is 0 Å². The van der Waals surface area contributed by atoms with Crippen molar-refractivity contribution in [2.45, 2.75) is 6.92 Å². The molecule has 0 N–H and O–H groups in total. The predicted octanol–water partition coefficient (Wildman–Crippen LogP) is -0.0997. The second kappa shape index (κ2) is 2.28. The lowest BCUT2D eigenvalue weighted by Gasteiger charge is -2.10. The number of rotatable bonds is 0. The first-order valence-electron chi connectivity index (χ1n) is 3.16. The van der Waals surface area contributed by atoms with Gasteiger partial charge in [0.25, 0.3) is 0 Å². The Morgan fingerprint density at radius 1 is 1.50 bits per heavy atom. The van der Waals surface area contributed by atoms with Gasteiger partial charge in [-0.25, -0.2) is 4.79 Å². The number of nitrogens with zero attached hydrogens (tertiary/aromatic N) is 2. The van der Waals surface area contributed by atoms with Crippen LogP contribution >= 0.6 is 0 Å². The van der Waals surface area contributed by atoms with E-state index in [1.54, 1.807) is 7.05 Å². The van der Waals surface area contributed by atoms with Gasteiger partial charge in [0.15, 0.2) is 0 Å². The Morgan fingerprint density at radius 2 is 2.10 bits per heavy atom.